The fourth-order valence-corrected chi connectivity index (χ4v) is 2.53. The monoisotopic (exact) mass is 281 g/mol. The van der Waals surface area contributed by atoms with E-state index in [-0.39, 0.29) is 6.10 Å². The molecule has 0 aromatic carbocycles. The first-order chi connectivity index (χ1) is 9.57. The fourth-order valence-electron chi connectivity index (χ4n) is 2.53. The fraction of sp³-hybridized carbons (Fsp3) is 0.667. The molecular formula is C15H23NO4. The van der Waals surface area contributed by atoms with Crippen LogP contribution < -0.4 is 4.74 Å². The summed E-state index contributed by atoms with van der Waals surface area (Å²) in [5, 5.41) is 10.7. The van der Waals surface area contributed by atoms with Crippen molar-refractivity contribution in [2.24, 2.45) is 0 Å². The van der Waals surface area contributed by atoms with Crippen LogP contribution in [-0.4, -0.2) is 42.1 Å². The number of rotatable bonds is 5. The van der Waals surface area contributed by atoms with E-state index < -0.39 is 11.7 Å². The summed E-state index contributed by atoms with van der Waals surface area (Å²) in [4.78, 5) is 4.15. The maximum Gasteiger partial charge on any atom is 0.138 e. The molecule has 1 aliphatic rings. The third-order valence-corrected chi connectivity index (χ3v) is 3.67. The number of nitrogens with zero attached hydrogens (tertiary/aromatic N) is 1. The Morgan fingerprint density at radius 1 is 1.30 bits per heavy atom. The summed E-state index contributed by atoms with van der Waals surface area (Å²) >= 11 is 0. The first-order valence-electron chi connectivity index (χ1n) is 7.00. The van der Waals surface area contributed by atoms with Crippen molar-refractivity contribution in [2.45, 2.75) is 44.5 Å². The van der Waals surface area contributed by atoms with Gasteiger partial charge in [0.2, 0.25) is 0 Å². The molecule has 0 radical (unpaired) electrons. The number of ether oxygens (including phenoxy) is 3. The van der Waals surface area contributed by atoms with Crippen LogP contribution in [0.3, 0.4) is 0 Å². The smallest absolute Gasteiger partial charge is 0.138 e. The van der Waals surface area contributed by atoms with Gasteiger partial charge < -0.3 is 19.3 Å². The summed E-state index contributed by atoms with van der Waals surface area (Å²) in [7, 11) is 1.64. The Labute approximate surface area is 119 Å². The Balaban J connectivity index is 2.20. The van der Waals surface area contributed by atoms with Gasteiger partial charge >= 0.3 is 0 Å². The predicted molar refractivity (Wildman–Crippen MR) is 74.8 cm³/mol. The van der Waals surface area contributed by atoms with Crippen LogP contribution in [0.2, 0.25) is 0 Å². The van der Waals surface area contributed by atoms with Crippen molar-refractivity contribution < 1.29 is 19.3 Å². The SMILES string of the molecule is COC1(C(O)c2cncc(OC(C)C)c2)CCOCC1. The molecule has 0 amide bonds. The Hall–Kier alpha value is -1.17. The number of hydrogen-bond acceptors (Lipinski definition) is 5. The maximum atomic E-state index is 10.7. The minimum absolute atomic E-state index is 0.0728. The summed E-state index contributed by atoms with van der Waals surface area (Å²) < 4.78 is 16.6. The Morgan fingerprint density at radius 2 is 2.00 bits per heavy atom. The van der Waals surface area contributed by atoms with E-state index in [4.69, 9.17) is 14.2 Å². The van der Waals surface area contributed by atoms with Gasteiger partial charge in [0.1, 0.15) is 17.5 Å². The zero-order chi connectivity index (χ0) is 14.6. The highest BCUT2D eigenvalue weighted by Crippen LogP contribution is 2.37. The van der Waals surface area contributed by atoms with Gasteiger partial charge in [-0.15, -0.1) is 0 Å². The van der Waals surface area contributed by atoms with E-state index in [1.54, 1.807) is 19.5 Å². The van der Waals surface area contributed by atoms with E-state index in [2.05, 4.69) is 4.98 Å². The van der Waals surface area contributed by atoms with E-state index in [0.717, 1.165) is 0 Å². The zero-order valence-electron chi connectivity index (χ0n) is 12.3. The third kappa shape index (κ3) is 3.29. The van der Waals surface area contributed by atoms with Crippen LogP contribution in [0.4, 0.5) is 0 Å². The molecule has 1 saturated heterocycles. The second-order valence-corrected chi connectivity index (χ2v) is 5.40. The summed E-state index contributed by atoms with van der Waals surface area (Å²) in [5.41, 5.74) is 0.114. The van der Waals surface area contributed by atoms with Crippen LogP contribution in [-0.2, 0) is 9.47 Å². The van der Waals surface area contributed by atoms with Crippen molar-refractivity contribution in [2.75, 3.05) is 20.3 Å². The summed E-state index contributed by atoms with van der Waals surface area (Å²) in [6, 6.07) is 1.83. The minimum atomic E-state index is -0.736. The van der Waals surface area contributed by atoms with Crippen LogP contribution in [0.1, 0.15) is 38.4 Å². The number of methoxy groups -OCH3 is 1. The van der Waals surface area contributed by atoms with Gasteiger partial charge in [-0.05, 0) is 19.9 Å². The lowest BCUT2D eigenvalue weighted by molar-refractivity contribution is -0.154. The van der Waals surface area contributed by atoms with Crippen molar-refractivity contribution in [1.82, 2.24) is 4.98 Å². The predicted octanol–water partition coefficient (Wildman–Crippen LogP) is 2.10. The molecule has 0 bridgehead atoms. The molecule has 2 rings (SSSR count). The Morgan fingerprint density at radius 3 is 2.60 bits per heavy atom. The van der Waals surface area contributed by atoms with Crippen molar-refractivity contribution >= 4 is 0 Å². The van der Waals surface area contributed by atoms with E-state index in [9.17, 15) is 5.11 Å². The van der Waals surface area contributed by atoms with E-state index in [1.165, 1.54) is 0 Å². The molecule has 1 aromatic heterocycles. The molecule has 1 aromatic rings. The highest BCUT2D eigenvalue weighted by atomic mass is 16.5. The van der Waals surface area contributed by atoms with Crippen molar-refractivity contribution in [1.29, 1.82) is 0 Å². The topological polar surface area (TPSA) is 60.8 Å². The van der Waals surface area contributed by atoms with Gasteiger partial charge in [0, 0.05) is 44.9 Å². The molecule has 20 heavy (non-hydrogen) atoms. The van der Waals surface area contributed by atoms with Crippen molar-refractivity contribution in [3.63, 3.8) is 0 Å². The molecule has 1 unspecified atom stereocenters. The molecule has 112 valence electrons. The van der Waals surface area contributed by atoms with Gasteiger partial charge in [-0.2, -0.15) is 0 Å². The maximum absolute atomic E-state index is 10.7. The van der Waals surface area contributed by atoms with Crippen LogP contribution >= 0.6 is 0 Å². The Bertz CT molecular complexity index is 430. The molecule has 2 heterocycles. The molecule has 5 nitrogen and oxygen atoms in total. The lowest BCUT2D eigenvalue weighted by Crippen LogP contribution is -2.43. The first-order valence-corrected chi connectivity index (χ1v) is 7.00. The third-order valence-electron chi connectivity index (χ3n) is 3.67. The molecule has 1 aliphatic heterocycles. The number of aliphatic hydroxyl groups excluding tert-OH is 1. The number of aromatic nitrogens is 1. The van der Waals surface area contributed by atoms with Gasteiger partial charge in [0.05, 0.1) is 12.3 Å². The van der Waals surface area contributed by atoms with E-state index >= 15 is 0 Å². The molecule has 1 N–H and O–H groups in total. The van der Waals surface area contributed by atoms with Gasteiger partial charge in [-0.25, -0.2) is 0 Å². The molecule has 5 heteroatoms. The molecule has 0 aliphatic carbocycles. The highest BCUT2D eigenvalue weighted by molar-refractivity contribution is 5.27. The molecule has 1 atom stereocenters. The van der Waals surface area contributed by atoms with Crippen LogP contribution in [0.5, 0.6) is 5.75 Å². The molecular weight excluding hydrogens is 258 g/mol. The van der Waals surface area contributed by atoms with E-state index in [1.807, 2.05) is 19.9 Å². The summed E-state index contributed by atoms with van der Waals surface area (Å²) in [5.74, 6) is 0.662. The van der Waals surface area contributed by atoms with Gasteiger partial charge in [0.25, 0.3) is 0 Å². The lowest BCUT2D eigenvalue weighted by atomic mass is 9.84. The average Bonchev–Trinajstić information content (AvgIpc) is 2.47. The largest absolute Gasteiger partial charge is 0.489 e. The average molecular weight is 281 g/mol. The summed E-state index contributed by atoms with van der Waals surface area (Å²) in [6.45, 7) is 5.11. The second-order valence-electron chi connectivity index (χ2n) is 5.40. The van der Waals surface area contributed by atoms with Gasteiger partial charge in [-0.1, -0.05) is 0 Å². The lowest BCUT2D eigenvalue weighted by Gasteiger charge is -2.39. The quantitative estimate of drug-likeness (QED) is 0.895. The second kappa shape index (κ2) is 6.52. The molecule has 1 fully saturated rings. The first kappa shape index (κ1) is 15.2. The standard InChI is InChI=1S/C15H23NO4/c1-11(2)20-13-8-12(9-16-10-13)14(17)15(18-3)4-6-19-7-5-15/h8-11,14,17H,4-7H2,1-3H3. The summed E-state index contributed by atoms with van der Waals surface area (Å²) in [6.07, 6.45) is 3.98. The minimum Gasteiger partial charge on any atom is -0.489 e. The number of hydrogen-bond donors (Lipinski definition) is 1. The zero-order valence-corrected chi connectivity index (χ0v) is 12.3. The normalized spacial score (nSPS) is 19.9. The molecule has 0 saturated carbocycles. The van der Waals surface area contributed by atoms with Crippen LogP contribution in [0, 0.1) is 0 Å². The molecule has 0 spiro atoms. The number of aliphatic hydroxyl groups is 1. The van der Waals surface area contributed by atoms with Crippen LogP contribution in [0.15, 0.2) is 18.5 Å². The van der Waals surface area contributed by atoms with Crippen LogP contribution in [0.25, 0.3) is 0 Å². The van der Waals surface area contributed by atoms with Crippen molar-refractivity contribution in [3.05, 3.63) is 24.0 Å². The highest BCUT2D eigenvalue weighted by Gasteiger charge is 2.40. The van der Waals surface area contributed by atoms with Gasteiger partial charge in [-0.3, -0.25) is 4.98 Å². The van der Waals surface area contributed by atoms with Gasteiger partial charge in [0.15, 0.2) is 0 Å². The van der Waals surface area contributed by atoms with E-state index in [0.29, 0.717) is 37.4 Å². The van der Waals surface area contributed by atoms with Crippen molar-refractivity contribution in [3.8, 4) is 5.75 Å². The Kier molecular flexibility index (Phi) is 4.96. The number of pyridine rings is 1.